The molecule has 12 heavy (non-hydrogen) atoms. The van der Waals surface area contributed by atoms with Crippen LogP contribution in [0.2, 0.25) is 0 Å². The number of aliphatic imine (C=N–C) groups is 1. The van der Waals surface area contributed by atoms with E-state index in [1.807, 2.05) is 19.1 Å². The van der Waals surface area contributed by atoms with E-state index in [0.717, 1.165) is 5.56 Å². The van der Waals surface area contributed by atoms with Crippen molar-refractivity contribution in [2.24, 2.45) is 4.99 Å². The smallest absolute Gasteiger partial charge is 0.155 e. The summed E-state index contributed by atoms with van der Waals surface area (Å²) < 4.78 is 0. The highest BCUT2D eigenvalue weighted by Gasteiger charge is 1.94. The monoisotopic (exact) mass is 158 g/mol. The fraction of sp³-hybridized carbons (Fsp3) is 0.200. The average Bonchev–Trinajstić information content (AvgIpc) is 2.09. The number of aryl methyl sites for hydroxylation is 1. The molecule has 0 aliphatic carbocycles. The van der Waals surface area contributed by atoms with Crippen LogP contribution in [0.4, 0.5) is 5.82 Å². The second-order valence-electron chi connectivity index (χ2n) is 2.49. The SMILES string of the molecule is C#C/C(C)=N\c1ncccc1C. The van der Waals surface area contributed by atoms with Crippen LogP contribution in [0.3, 0.4) is 0 Å². The molecule has 0 saturated carbocycles. The third kappa shape index (κ3) is 1.93. The second-order valence-corrected chi connectivity index (χ2v) is 2.49. The van der Waals surface area contributed by atoms with Gasteiger partial charge in [-0.05, 0) is 25.5 Å². The normalized spacial score (nSPS) is 10.9. The van der Waals surface area contributed by atoms with E-state index in [0.29, 0.717) is 11.5 Å². The molecule has 2 nitrogen and oxygen atoms in total. The molecule has 0 N–H and O–H groups in total. The summed E-state index contributed by atoms with van der Waals surface area (Å²) in [6.45, 7) is 3.74. The highest BCUT2D eigenvalue weighted by molar-refractivity contribution is 5.99. The van der Waals surface area contributed by atoms with Gasteiger partial charge >= 0.3 is 0 Å². The predicted molar refractivity (Wildman–Crippen MR) is 50.6 cm³/mol. The van der Waals surface area contributed by atoms with Crippen LogP contribution in [0.1, 0.15) is 12.5 Å². The van der Waals surface area contributed by atoms with E-state index in [4.69, 9.17) is 6.42 Å². The highest BCUT2D eigenvalue weighted by Crippen LogP contribution is 2.12. The molecule has 2 heteroatoms. The van der Waals surface area contributed by atoms with Crippen molar-refractivity contribution in [1.82, 2.24) is 4.98 Å². The minimum Gasteiger partial charge on any atom is -0.237 e. The molecule has 1 heterocycles. The van der Waals surface area contributed by atoms with Gasteiger partial charge in [-0.2, -0.15) is 0 Å². The first-order valence-electron chi connectivity index (χ1n) is 3.67. The predicted octanol–water partition coefficient (Wildman–Crippen LogP) is 2.12. The Labute approximate surface area is 72.4 Å². The zero-order valence-corrected chi connectivity index (χ0v) is 7.20. The Balaban J connectivity index is 3.06. The lowest BCUT2D eigenvalue weighted by atomic mass is 10.3. The summed E-state index contributed by atoms with van der Waals surface area (Å²) in [6.07, 6.45) is 6.87. The first kappa shape index (κ1) is 8.48. The van der Waals surface area contributed by atoms with Gasteiger partial charge in [-0.25, -0.2) is 9.98 Å². The first-order valence-corrected chi connectivity index (χ1v) is 3.67. The van der Waals surface area contributed by atoms with Gasteiger partial charge in [-0.1, -0.05) is 12.0 Å². The van der Waals surface area contributed by atoms with Gasteiger partial charge in [0.25, 0.3) is 0 Å². The summed E-state index contributed by atoms with van der Waals surface area (Å²) in [6, 6.07) is 3.83. The zero-order valence-electron chi connectivity index (χ0n) is 7.20. The Morgan fingerprint density at radius 2 is 2.42 bits per heavy atom. The van der Waals surface area contributed by atoms with Gasteiger partial charge in [-0.3, -0.25) is 0 Å². The van der Waals surface area contributed by atoms with Crippen LogP contribution in [0.15, 0.2) is 23.3 Å². The third-order valence-corrected chi connectivity index (χ3v) is 1.46. The van der Waals surface area contributed by atoms with E-state index < -0.39 is 0 Å². The van der Waals surface area contributed by atoms with Crippen LogP contribution >= 0.6 is 0 Å². The Morgan fingerprint density at radius 3 is 3.00 bits per heavy atom. The largest absolute Gasteiger partial charge is 0.237 e. The minimum atomic E-state index is 0.650. The fourth-order valence-electron chi connectivity index (χ4n) is 0.786. The molecular formula is C10H10N2. The van der Waals surface area contributed by atoms with Crippen molar-refractivity contribution in [2.75, 3.05) is 0 Å². The molecule has 1 aromatic rings. The summed E-state index contributed by atoms with van der Waals surface area (Å²) >= 11 is 0. The lowest BCUT2D eigenvalue weighted by Gasteiger charge is -1.96. The fourth-order valence-corrected chi connectivity index (χ4v) is 0.786. The molecule has 0 aliphatic rings. The van der Waals surface area contributed by atoms with Crippen LogP contribution in [0.25, 0.3) is 0 Å². The number of hydrogen-bond donors (Lipinski definition) is 0. The Hall–Kier alpha value is -1.62. The molecule has 0 atom stereocenters. The maximum Gasteiger partial charge on any atom is 0.155 e. The molecule has 0 fully saturated rings. The third-order valence-electron chi connectivity index (χ3n) is 1.46. The van der Waals surface area contributed by atoms with Gasteiger partial charge < -0.3 is 0 Å². The van der Waals surface area contributed by atoms with Crippen LogP contribution in [-0.2, 0) is 0 Å². The van der Waals surface area contributed by atoms with E-state index >= 15 is 0 Å². The molecule has 0 amide bonds. The van der Waals surface area contributed by atoms with E-state index in [1.165, 1.54) is 0 Å². The van der Waals surface area contributed by atoms with Crippen molar-refractivity contribution in [2.45, 2.75) is 13.8 Å². The molecule has 1 aromatic heterocycles. The zero-order chi connectivity index (χ0) is 8.97. The number of aromatic nitrogens is 1. The Bertz CT molecular complexity index is 345. The van der Waals surface area contributed by atoms with Gasteiger partial charge in [-0.15, -0.1) is 6.42 Å². The lowest BCUT2D eigenvalue weighted by molar-refractivity contribution is 1.22. The molecular weight excluding hydrogens is 148 g/mol. The van der Waals surface area contributed by atoms with Gasteiger partial charge in [0.1, 0.15) is 0 Å². The van der Waals surface area contributed by atoms with Gasteiger partial charge in [0.05, 0.1) is 5.71 Å². The topological polar surface area (TPSA) is 25.2 Å². The molecule has 0 unspecified atom stereocenters. The van der Waals surface area contributed by atoms with Crippen molar-refractivity contribution >= 4 is 11.5 Å². The van der Waals surface area contributed by atoms with Crippen LogP contribution in [-0.4, -0.2) is 10.7 Å². The van der Waals surface area contributed by atoms with E-state index in [9.17, 15) is 0 Å². The average molecular weight is 158 g/mol. The summed E-state index contributed by atoms with van der Waals surface area (Å²) in [4.78, 5) is 8.23. The molecule has 1 rings (SSSR count). The van der Waals surface area contributed by atoms with E-state index in [1.54, 1.807) is 13.1 Å². The lowest BCUT2D eigenvalue weighted by Crippen LogP contribution is -1.85. The second kappa shape index (κ2) is 3.68. The summed E-state index contributed by atoms with van der Waals surface area (Å²) in [5.74, 6) is 3.15. The molecule has 60 valence electrons. The standard InChI is InChI=1S/C10H10N2/c1-4-9(3)12-10-8(2)6-5-7-11-10/h1,5-7H,2-3H3/b12-9-. The van der Waals surface area contributed by atoms with Crippen molar-refractivity contribution in [3.05, 3.63) is 23.9 Å². The van der Waals surface area contributed by atoms with Crippen LogP contribution in [0, 0.1) is 19.3 Å². The molecule has 0 bridgehead atoms. The minimum absolute atomic E-state index is 0.650. The van der Waals surface area contributed by atoms with E-state index in [2.05, 4.69) is 15.9 Å². The Kier molecular flexibility index (Phi) is 2.60. The molecule has 0 spiro atoms. The Morgan fingerprint density at radius 1 is 1.67 bits per heavy atom. The number of terminal acetylenes is 1. The number of nitrogens with zero attached hydrogens (tertiary/aromatic N) is 2. The van der Waals surface area contributed by atoms with E-state index in [-0.39, 0.29) is 0 Å². The number of hydrogen-bond acceptors (Lipinski definition) is 2. The van der Waals surface area contributed by atoms with Crippen molar-refractivity contribution in [3.8, 4) is 12.3 Å². The van der Waals surface area contributed by atoms with Gasteiger partial charge in [0, 0.05) is 6.20 Å². The first-order chi connectivity index (χ1) is 5.74. The summed E-state index contributed by atoms with van der Waals surface area (Å²) in [5, 5.41) is 0. The quantitative estimate of drug-likeness (QED) is 0.454. The van der Waals surface area contributed by atoms with Gasteiger partial charge in [0.15, 0.2) is 5.82 Å². The number of rotatable bonds is 1. The molecule has 0 aromatic carbocycles. The van der Waals surface area contributed by atoms with Crippen molar-refractivity contribution < 1.29 is 0 Å². The maximum atomic E-state index is 5.16. The summed E-state index contributed by atoms with van der Waals surface area (Å²) in [7, 11) is 0. The van der Waals surface area contributed by atoms with Crippen LogP contribution < -0.4 is 0 Å². The number of pyridine rings is 1. The highest BCUT2D eigenvalue weighted by atomic mass is 14.9. The molecule has 0 aliphatic heterocycles. The maximum absolute atomic E-state index is 5.16. The van der Waals surface area contributed by atoms with Crippen molar-refractivity contribution in [3.63, 3.8) is 0 Å². The van der Waals surface area contributed by atoms with Crippen LogP contribution in [0.5, 0.6) is 0 Å². The molecule has 0 saturated heterocycles. The summed E-state index contributed by atoms with van der Waals surface area (Å²) in [5.41, 5.74) is 1.68. The van der Waals surface area contributed by atoms with Crippen molar-refractivity contribution in [1.29, 1.82) is 0 Å². The van der Waals surface area contributed by atoms with Gasteiger partial charge in [0.2, 0.25) is 0 Å². The molecule has 0 radical (unpaired) electrons.